The molecule has 3 N–H and O–H groups in total. The van der Waals surface area contributed by atoms with Crippen molar-refractivity contribution >= 4 is 40.7 Å². The van der Waals surface area contributed by atoms with Crippen molar-refractivity contribution in [1.29, 1.82) is 0 Å². The molecule has 9 heteroatoms. The molecule has 0 radical (unpaired) electrons. The van der Waals surface area contributed by atoms with Gasteiger partial charge in [-0.05, 0) is 12.1 Å². The number of carbonyl (C=O) groups is 1. The predicted molar refractivity (Wildman–Crippen MR) is 74.0 cm³/mol. The first kappa shape index (κ1) is 14.9. The summed E-state index contributed by atoms with van der Waals surface area (Å²) in [6, 6.07) is 4.38. The number of nitrogen functional groups attached to an aromatic ring is 1. The lowest BCUT2D eigenvalue weighted by molar-refractivity contribution is 0.0944. The molecular weight excluding hydrogens is 328 g/mol. The first-order valence-electron chi connectivity index (χ1n) is 5.25. The van der Waals surface area contributed by atoms with E-state index in [1.165, 1.54) is 18.2 Å². The number of carbonyl (C=O) groups excluding carboxylic acids is 1. The number of hydrazine groups is 1. The second-order valence-electron chi connectivity index (χ2n) is 3.64. The number of rotatable bonds is 4. The summed E-state index contributed by atoms with van der Waals surface area (Å²) in [7, 11) is 0. The van der Waals surface area contributed by atoms with E-state index in [1.807, 2.05) is 5.43 Å². The van der Waals surface area contributed by atoms with Gasteiger partial charge in [-0.1, -0.05) is 40.0 Å². The van der Waals surface area contributed by atoms with Crippen molar-refractivity contribution in [2.45, 2.75) is 6.61 Å². The van der Waals surface area contributed by atoms with E-state index < -0.39 is 5.91 Å². The first-order chi connectivity index (χ1) is 9.51. The van der Waals surface area contributed by atoms with Gasteiger partial charge < -0.3 is 9.26 Å². The standard InChI is InChI=1S/C11H8Cl3N3O3/c12-5-1-7(13)10(8(14)2-5)19-4-6-3-9(17-20-6)11(18)16-15/h1-3H,4,15H2,(H,16,18). The smallest absolute Gasteiger partial charge is 0.287 e. The van der Waals surface area contributed by atoms with Crippen molar-refractivity contribution < 1.29 is 14.1 Å². The van der Waals surface area contributed by atoms with Gasteiger partial charge in [-0.3, -0.25) is 10.2 Å². The number of aromatic nitrogens is 1. The van der Waals surface area contributed by atoms with Crippen LogP contribution in [-0.2, 0) is 6.61 Å². The van der Waals surface area contributed by atoms with Crippen molar-refractivity contribution in [2.75, 3.05) is 0 Å². The SMILES string of the molecule is NNC(=O)c1cc(COc2c(Cl)cc(Cl)cc2Cl)on1. The van der Waals surface area contributed by atoms with Crippen LogP contribution in [0.4, 0.5) is 0 Å². The fraction of sp³-hybridized carbons (Fsp3) is 0.0909. The van der Waals surface area contributed by atoms with Crippen LogP contribution in [0, 0.1) is 0 Å². The van der Waals surface area contributed by atoms with E-state index in [-0.39, 0.29) is 28.1 Å². The lowest BCUT2D eigenvalue weighted by atomic mass is 10.3. The first-order valence-corrected chi connectivity index (χ1v) is 6.38. The molecule has 0 fully saturated rings. The Balaban J connectivity index is 2.09. The molecule has 2 aromatic rings. The molecule has 2 rings (SSSR count). The van der Waals surface area contributed by atoms with Gasteiger partial charge in [0.25, 0.3) is 5.91 Å². The molecule has 1 heterocycles. The van der Waals surface area contributed by atoms with Gasteiger partial charge in [-0.2, -0.15) is 0 Å². The number of nitrogens with one attached hydrogen (secondary N) is 1. The van der Waals surface area contributed by atoms with Gasteiger partial charge in [0.15, 0.2) is 17.2 Å². The Labute approximate surface area is 128 Å². The van der Waals surface area contributed by atoms with Crippen LogP contribution in [0.5, 0.6) is 5.75 Å². The zero-order valence-electron chi connectivity index (χ0n) is 9.82. The number of benzene rings is 1. The summed E-state index contributed by atoms with van der Waals surface area (Å²) in [6.07, 6.45) is 0. The molecule has 0 aliphatic heterocycles. The van der Waals surface area contributed by atoms with Gasteiger partial charge in [0, 0.05) is 11.1 Å². The van der Waals surface area contributed by atoms with Crippen molar-refractivity contribution in [1.82, 2.24) is 10.6 Å². The van der Waals surface area contributed by atoms with Gasteiger partial charge in [0.1, 0.15) is 6.61 Å². The molecule has 0 aliphatic rings. The molecule has 1 amide bonds. The summed E-state index contributed by atoms with van der Waals surface area (Å²) in [5, 5.41) is 4.45. The maximum absolute atomic E-state index is 11.2. The summed E-state index contributed by atoms with van der Waals surface area (Å²) in [5.41, 5.74) is 1.97. The van der Waals surface area contributed by atoms with E-state index >= 15 is 0 Å². The van der Waals surface area contributed by atoms with Gasteiger partial charge in [-0.25, -0.2) is 5.84 Å². The molecule has 0 aliphatic carbocycles. The summed E-state index contributed by atoms with van der Waals surface area (Å²) < 4.78 is 10.3. The largest absolute Gasteiger partial charge is 0.482 e. The van der Waals surface area contributed by atoms with Crippen LogP contribution in [0.1, 0.15) is 16.2 Å². The van der Waals surface area contributed by atoms with Crippen molar-refractivity contribution in [3.8, 4) is 5.75 Å². The highest BCUT2D eigenvalue weighted by Gasteiger charge is 2.14. The van der Waals surface area contributed by atoms with Gasteiger partial charge >= 0.3 is 0 Å². The molecule has 0 spiro atoms. The highest BCUT2D eigenvalue weighted by Crippen LogP contribution is 2.36. The van der Waals surface area contributed by atoms with Crippen LogP contribution in [0.15, 0.2) is 22.7 Å². The second kappa shape index (κ2) is 6.32. The van der Waals surface area contributed by atoms with Gasteiger partial charge in [0.2, 0.25) is 0 Å². The quantitative estimate of drug-likeness (QED) is 0.509. The molecule has 0 unspecified atom stereocenters. The number of halogens is 3. The molecule has 1 aromatic carbocycles. The Bertz CT molecular complexity index is 622. The molecule has 20 heavy (non-hydrogen) atoms. The Hall–Kier alpha value is -1.47. The van der Waals surface area contributed by atoms with E-state index in [2.05, 4.69) is 5.16 Å². The summed E-state index contributed by atoms with van der Waals surface area (Å²) >= 11 is 17.7. The van der Waals surface area contributed by atoms with Gasteiger partial charge in [-0.15, -0.1) is 0 Å². The van der Waals surface area contributed by atoms with E-state index in [4.69, 9.17) is 49.9 Å². The third kappa shape index (κ3) is 3.34. The van der Waals surface area contributed by atoms with E-state index in [0.717, 1.165) is 0 Å². The minimum absolute atomic E-state index is 0.00801. The van der Waals surface area contributed by atoms with Crippen molar-refractivity contribution in [2.24, 2.45) is 5.84 Å². The Morgan fingerprint density at radius 3 is 2.55 bits per heavy atom. The van der Waals surface area contributed by atoms with Crippen LogP contribution in [-0.4, -0.2) is 11.1 Å². The topological polar surface area (TPSA) is 90.4 Å². The van der Waals surface area contributed by atoms with Crippen LogP contribution in [0.3, 0.4) is 0 Å². The molecule has 106 valence electrons. The molecule has 0 atom stereocenters. The number of hydrogen-bond acceptors (Lipinski definition) is 5. The second-order valence-corrected chi connectivity index (χ2v) is 4.89. The number of ether oxygens (including phenoxy) is 1. The molecule has 6 nitrogen and oxygen atoms in total. The number of nitrogens with two attached hydrogens (primary N) is 1. The molecule has 0 saturated heterocycles. The maximum Gasteiger partial charge on any atom is 0.287 e. The van der Waals surface area contributed by atoms with E-state index in [1.54, 1.807) is 0 Å². The zero-order chi connectivity index (χ0) is 14.7. The molecule has 0 bridgehead atoms. The lowest BCUT2D eigenvalue weighted by Crippen LogP contribution is -2.30. The summed E-state index contributed by atoms with van der Waals surface area (Å²) in [6.45, 7) is -0.00801. The number of hydrogen-bond donors (Lipinski definition) is 2. The third-order valence-corrected chi connectivity index (χ3v) is 3.02. The predicted octanol–water partition coefficient (Wildman–Crippen LogP) is 2.82. The Morgan fingerprint density at radius 2 is 1.95 bits per heavy atom. The summed E-state index contributed by atoms with van der Waals surface area (Å²) in [5.74, 6) is 4.98. The molecule has 1 aromatic heterocycles. The van der Waals surface area contributed by atoms with Crippen molar-refractivity contribution in [3.05, 3.63) is 44.7 Å². The average Bonchev–Trinajstić information content (AvgIpc) is 2.85. The zero-order valence-corrected chi connectivity index (χ0v) is 12.1. The number of nitrogens with zero attached hydrogens (tertiary/aromatic N) is 1. The van der Waals surface area contributed by atoms with Gasteiger partial charge in [0.05, 0.1) is 10.0 Å². The third-order valence-electron chi connectivity index (χ3n) is 2.24. The Morgan fingerprint density at radius 1 is 1.30 bits per heavy atom. The molecular formula is C11H8Cl3N3O3. The van der Waals surface area contributed by atoms with Crippen LogP contribution < -0.4 is 16.0 Å². The van der Waals surface area contributed by atoms with Crippen LogP contribution in [0.2, 0.25) is 15.1 Å². The fourth-order valence-corrected chi connectivity index (χ4v) is 2.30. The van der Waals surface area contributed by atoms with Crippen molar-refractivity contribution in [3.63, 3.8) is 0 Å². The molecule has 0 saturated carbocycles. The maximum atomic E-state index is 11.2. The van der Waals surface area contributed by atoms with Crippen LogP contribution >= 0.6 is 34.8 Å². The monoisotopic (exact) mass is 335 g/mol. The normalized spacial score (nSPS) is 10.4. The van der Waals surface area contributed by atoms with E-state index in [0.29, 0.717) is 10.8 Å². The van der Waals surface area contributed by atoms with E-state index in [9.17, 15) is 4.79 Å². The lowest BCUT2D eigenvalue weighted by Gasteiger charge is -2.08. The highest BCUT2D eigenvalue weighted by molar-refractivity contribution is 6.40. The number of amides is 1. The highest BCUT2D eigenvalue weighted by atomic mass is 35.5. The minimum atomic E-state index is -0.567. The summed E-state index contributed by atoms with van der Waals surface area (Å²) in [4.78, 5) is 11.2. The minimum Gasteiger partial charge on any atom is -0.482 e. The fourth-order valence-electron chi connectivity index (χ4n) is 1.37. The Kier molecular flexibility index (Phi) is 4.72. The van der Waals surface area contributed by atoms with Crippen LogP contribution in [0.25, 0.3) is 0 Å². The average molecular weight is 337 g/mol.